The third-order valence-electron chi connectivity index (χ3n) is 3.93. The average Bonchev–Trinajstić information content (AvgIpc) is 2.55. The summed E-state index contributed by atoms with van der Waals surface area (Å²) in [6.07, 6.45) is -0.338. The highest BCUT2D eigenvalue weighted by molar-refractivity contribution is 9.10. The van der Waals surface area contributed by atoms with Crippen molar-refractivity contribution < 1.29 is 19.1 Å². The van der Waals surface area contributed by atoms with Gasteiger partial charge in [0.1, 0.15) is 11.4 Å². The smallest absolute Gasteiger partial charge is 0.410 e. The number of carbonyl (C=O) groups excluding carboxylic acids is 2. The number of aryl methyl sites for hydroxylation is 1. The van der Waals surface area contributed by atoms with Gasteiger partial charge in [0.2, 0.25) is 0 Å². The zero-order valence-electron chi connectivity index (χ0n) is 15.4. The second-order valence-electron chi connectivity index (χ2n) is 7.06. The Balaban J connectivity index is 2.05. The van der Waals surface area contributed by atoms with E-state index < -0.39 is 5.60 Å². The van der Waals surface area contributed by atoms with Crippen LogP contribution >= 0.6 is 15.9 Å². The standard InChI is InChI=1S/C18H25BrN2O4/c1-12-10-15(24-5)13(11-14(12)19)16(22)20-6-8-21(9-7-20)17(23)25-18(2,3)4/h10-11H,6-9H2,1-5H3. The Morgan fingerprint density at radius 3 is 2.16 bits per heavy atom. The molecule has 0 N–H and O–H groups in total. The van der Waals surface area contributed by atoms with Gasteiger partial charge in [-0.1, -0.05) is 15.9 Å². The van der Waals surface area contributed by atoms with E-state index in [2.05, 4.69) is 15.9 Å². The summed E-state index contributed by atoms with van der Waals surface area (Å²) in [5.41, 5.74) is 1.000. The molecule has 1 aliphatic heterocycles. The molecule has 0 spiro atoms. The van der Waals surface area contributed by atoms with E-state index in [-0.39, 0.29) is 12.0 Å². The predicted octanol–water partition coefficient (Wildman–Crippen LogP) is 3.46. The molecule has 6 nitrogen and oxygen atoms in total. The maximum absolute atomic E-state index is 12.8. The normalized spacial score (nSPS) is 15.1. The molecule has 0 aromatic heterocycles. The van der Waals surface area contributed by atoms with Gasteiger partial charge in [-0.2, -0.15) is 0 Å². The van der Waals surface area contributed by atoms with E-state index in [4.69, 9.17) is 9.47 Å². The van der Waals surface area contributed by atoms with Gasteiger partial charge in [0.15, 0.2) is 0 Å². The molecule has 1 aromatic rings. The number of rotatable bonds is 2. The molecule has 1 saturated heterocycles. The zero-order chi connectivity index (χ0) is 18.8. The third kappa shape index (κ3) is 4.87. The van der Waals surface area contributed by atoms with Gasteiger partial charge < -0.3 is 19.3 Å². The molecule has 7 heteroatoms. The molecule has 0 aliphatic carbocycles. The minimum Gasteiger partial charge on any atom is -0.496 e. The Hall–Kier alpha value is -1.76. The highest BCUT2D eigenvalue weighted by atomic mass is 79.9. The third-order valence-corrected chi connectivity index (χ3v) is 4.78. The van der Waals surface area contributed by atoms with Crippen molar-refractivity contribution in [1.82, 2.24) is 9.80 Å². The van der Waals surface area contributed by atoms with E-state index in [1.165, 1.54) is 0 Å². The Labute approximate surface area is 157 Å². The first-order valence-corrected chi connectivity index (χ1v) is 9.03. The van der Waals surface area contributed by atoms with Crippen LogP contribution in [0.25, 0.3) is 0 Å². The number of hydrogen-bond acceptors (Lipinski definition) is 4. The van der Waals surface area contributed by atoms with Gasteiger partial charge in [0.05, 0.1) is 12.7 Å². The number of methoxy groups -OCH3 is 1. The van der Waals surface area contributed by atoms with Gasteiger partial charge in [-0.25, -0.2) is 4.79 Å². The molecule has 2 rings (SSSR count). The summed E-state index contributed by atoms with van der Waals surface area (Å²) in [6, 6.07) is 3.63. The maximum Gasteiger partial charge on any atom is 0.410 e. The van der Waals surface area contributed by atoms with E-state index in [0.717, 1.165) is 10.0 Å². The van der Waals surface area contributed by atoms with Crippen LogP contribution in [0.1, 0.15) is 36.7 Å². The number of carbonyl (C=O) groups is 2. The van der Waals surface area contributed by atoms with E-state index in [1.54, 1.807) is 23.0 Å². The van der Waals surface area contributed by atoms with Gasteiger partial charge in [0.25, 0.3) is 5.91 Å². The summed E-state index contributed by atoms with van der Waals surface area (Å²) in [4.78, 5) is 28.3. The lowest BCUT2D eigenvalue weighted by Gasteiger charge is -2.35. The monoisotopic (exact) mass is 412 g/mol. The Bertz CT molecular complexity index is 662. The topological polar surface area (TPSA) is 59.1 Å². The molecule has 0 bridgehead atoms. The number of ether oxygens (including phenoxy) is 2. The Morgan fingerprint density at radius 2 is 1.64 bits per heavy atom. The van der Waals surface area contributed by atoms with Crippen molar-refractivity contribution in [2.45, 2.75) is 33.3 Å². The minimum absolute atomic E-state index is 0.0959. The summed E-state index contributed by atoms with van der Waals surface area (Å²) in [6.45, 7) is 9.30. The molecular formula is C18H25BrN2O4. The SMILES string of the molecule is COc1cc(C)c(Br)cc1C(=O)N1CCN(C(=O)OC(C)(C)C)CC1. The summed E-state index contributed by atoms with van der Waals surface area (Å²) in [5.74, 6) is 0.460. The van der Waals surface area contributed by atoms with Crippen LogP contribution in [-0.4, -0.2) is 60.7 Å². The minimum atomic E-state index is -0.522. The zero-order valence-corrected chi connectivity index (χ0v) is 17.0. The number of halogens is 1. The molecule has 0 saturated carbocycles. The molecule has 1 aliphatic rings. The first-order chi connectivity index (χ1) is 11.6. The second kappa shape index (κ2) is 7.64. The van der Waals surface area contributed by atoms with Crippen molar-refractivity contribution in [2.75, 3.05) is 33.3 Å². The van der Waals surface area contributed by atoms with Crippen LogP contribution in [0.5, 0.6) is 5.75 Å². The second-order valence-corrected chi connectivity index (χ2v) is 7.92. The fraction of sp³-hybridized carbons (Fsp3) is 0.556. The van der Waals surface area contributed by atoms with Crippen molar-refractivity contribution in [3.63, 3.8) is 0 Å². The Kier molecular flexibility index (Phi) is 5.98. The lowest BCUT2D eigenvalue weighted by molar-refractivity contribution is 0.0140. The summed E-state index contributed by atoms with van der Waals surface area (Å²) < 4.78 is 11.6. The number of amides is 2. The van der Waals surface area contributed by atoms with E-state index in [9.17, 15) is 9.59 Å². The molecular weight excluding hydrogens is 388 g/mol. The number of nitrogens with zero attached hydrogens (tertiary/aromatic N) is 2. The van der Waals surface area contributed by atoms with Gasteiger partial charge >= 0.3 is 6.09 Å². The van der Waals surface area contributed by atoms with Crippen LogP contribution in [0.3, 0.4) is 0 Å². The first-order valence-electron chi connectivity index (χ1n) is 8.23. The first kappa shape index (κ1) is 19.6. The van der Waals surface area contributed by atoms with Gasteiger partial charge in [-0.3, -0.25) is 4.79 Å². The van der Waals surface area contributed by atoms with E-state index in [1.807, 2.05) is 33.8 Å². The lowest BCUT2D eigenvalue weighted by Crippen LogP contribution is -2.51. The predicted molar refractivity (Wildman–Crippen MR) is 99.1 cm³/mol. The van der Waals surface area contributed by atoms with Crippen LogP contribution in [0, 0.1) is 6.92 Å². The average molecular weight is 413 g/mol. The van der Waals surface area contributed by atoms with E-state index in [0.29, 0.717) is 37.5 Å². The number of benzene rings is 1. The molecule has 0 atom stereocenters. The lowest BCUT2D eigenvalue weighted by atomic mass is 10.1. The van der Waals surface area contributed by atoms with Gasteiger partial charge in [0, 0.05) is 30.7 Å². The summed E-state index contributed by atoms with van der Waals surface area (Å²) in [5, 5.41) is 0. The van der Waals surface area contributed by atoms with Gasteiger partial charge in [-0.15, -0.1) is 0 Å². The van der Waals surface area contributed by atoms with Crippen LogP contribution in [0.2, 0.25) is 0 Å². The fourth-order valence-corrected chi connectivity index (χ4v) is 2.92. The van der Waals surface area contributed by atoms with Crippen LogP contribution in [0.4, 0.5) is 4.79 Å². The van der Waals surface area contributed by atoms with Crippen LogP contribution in [-0.2, 0) is 4.74 Å². The quantitative estimate of drug-likeness (QED) is 0.745. The highest BCUT2D eigenvalue weighted by Crippen LogP contribution is 2.28. The molecule has 25 heavy (non-hydrogen) atoms. The van der Waals surface area contributed by atoms with Crippen molar-refractivity contribution in [3.05, 3.63) is 27.7 Å². The van der Waals surface area contributed by atoms with Crippen molar-refractivity contribution in [2.24, 2.45) is 0 Å². The molecule has 1 aromatic carbocycles. The Morgan fingerprint density at radius 1 is 1.08 bits per heavy atom. The van der Waals surface area contributed by atoms with Crippen molar-refractivity contribution in [3.8, 4) is 5.75 Å². The van der Waals surface area contributed by atoms with Gasteiger partial charge in [-0.05, 0) is 45.4 Å². The number of hydrogen-bond donors (Lipinski definition) is 0. The van der Waals surface area contributed by atoms with Crippen LogP contribution < -0.4 is 4.74 Å². The fourth-order valence-electron chi connectivity index (χ4n) is 2.58. The summed E-state index contributed by atoms with van der Waals surface area (Å²) >= 11 is 3.46. The molecule has 0 unspecified atom stereocenters. The molecule has 138 valence electrons. The van der Waals surface area contributed by atoms with Crippen LogP contribution in [0.15, 0.2) is 16.6 Å². The molecule has 0 radical (unpaired) electrons. The molecule has 1 heterocycles. The van der Waals surface area contributed by atoms with Crippen molar-refractivity contribution in [1.29, 1.82) is 0 Å². The molecule has 2 amide bonds. The largest absolute Gasteiger partial charge is 0.496 e. The summed E-state index contributed by atoms with van der Waals surface area (Å²) in [7, 11) is 1.56. The van der Waals surface area contributed by atoms with E-state index >= 15 is 0 Å². The maximum atomic E-state index is 12.8. The number of piperazine rings is 1. The highest BCUT2D eigenvalue weighted by Gasteiger charge is 2.29. The van der Waals surface area contributed by atoms with Crippen molar-refractivity contribution >= 4 is 27.9 Å². The molecule has 1 fully saturated rings.